The van der Waals surface area contributed by atoms with Crippen molar-refractivity contribution in [1.82, 2.24) is 34.9 Å². The number of rotatable bonds is 6. The predicted molar refractivity (Wildman–Crippen MR) is 164 cm³/mol. The monoisotopic (exact) mass is 541 g/mol. The van der Waals surface area contributed by atoms with Gasteiger partial charge in [-0.1, -0.05) is 72.8 Å². The third kappa shape index (κ3) is 5.26. The second-order valence-electron chi connectivity index (χ2n) is 9.50. The Morgan fingerprint density at radius 2 is 0.738 bits per heavy atom. The minimum Gasteiger partial charge on any atom is -0.255 e. The van der Waals surface area contributed by atoms with Crippen molar-refractivity contribution in [3.05, 3.63) is 140 Å². The van der Waals surface area contributed by atoms with Gasteiger partial charge in [0.1, 0.15) is 11.4 Å². The molecule has 0 spiro atoms. The molecule has 0 aliphatic carbocycles. The van der Waals surface area contributed by atoms with Gasteiger partial charge in [0, 0.05) is 18.0 Å². The first kappa shape index (κ1) is 25.0. The lowest BCUT2D eigenvalue weighted by Gasteiger charge is -2.10. The second kappa shape index (κ2) is 11.3. The number of aromatic nitrogens is 7. The number of pyridine rings is 4. The molecule has 0 aliphatic heterocycles. The van der Waals surface area contributed by atoms with Crippen molar-refractivity contribution >= 4 is 0 Å². The van der Waals surface area contributed by atoms with Crippen molar-refractivity contribution in [2.75, 3.05) is 0 Å². The van der Waals surface area contributed by atoms with Crippen LogP contribution in [-0.2, 0) is 0 Å². The topological polar surface area (TPSA) is 90.2 Å². The minimum absolute atomic E-state index is 0.447. The van der Waals surface area contributed by atoms with E-state index in [1.54, 1.807) is 12.4 Å². The smallest absolute Gasteiger partial charge is 0.182 e. The lowest BCUT2D eigenvalue weighted by atomic mass is 10.0. The Morgan fingerprint density at radius 1 is 0.286 bits per heavy atom. The number of benzene rings is 2. The number of nitrogens with zero attached hydrogens (tertiary/aromatic N) is 7. The van der Waals surface area contributed by atoms with Crippen molar-refractivity contribution in [1.29, 1.82) is 0 Å². The van der Waals surface area contributed by atoms with Crippen LogP contribution in [0.4, 0.5) is 0 Å². The fourth-order valence-corrected chi connectivity index (χ4v) is 4.63. The lowest BCUT2D eigenvalue weighted by molar-refractivity contribution is 1.05. The molecule has 0 amide bonds. The summed E-state index contributed by atoms with van der Waals surface area (Å²) in [6.07, 6.45) is 3.51. The van der Waals surface area contributed by atoms with E-state index < -0.39 is 0 Å². The second-order valence-corrected chi connectivity index (χ2v) is 9.50. The summed E-state index contributed by atoms with van der Waals surface area (Å²) < 4.78 is 0. The van der Waals surface area contributed by atoms with Gasteiger partial charge in [0.05, 0.1) is 22.8 Å². The normalized spacial score (nSPS) is 10.9. The summed E-state index contributed by atoms with van der Waals surface area (Å²) in [5.74, 6) is 1.42. The van der Waals surface area contributed by atoms with Gasteiger partial charge in [0.2, 0.25) is 0 Å². The fourth-order valence-electron chi connectivity index (χ4n) is 4.63. The standard InChI is InChI=1S/C35H23N7/c1-2-11-24(12-3-1)25-13-8-14-26(23-25)33-40-34(31-19-9-17-29(38-31)27-15-4-6-21-36-27)42-35(41-33)32-20-10-18-30(39-32)28-16-5-7-22-37-28/h1-23H. The van der Waals surface area contributed by atoms with Gasteiger partial charge >= 0.3 is 0 Å². The molecule has 0 aliphatic rings. The zero-order valence-electron chi connectivity index (χ0n) is 22.4. The molecule has 198 valence electrons. The first-order valence-electron chi connectivity index (χ1n) is 13.5. The molecular weight excluding hydrogens is 518 g/mol. The molecule has 0 fully saturated rings. The van der Waals surface area contributed by atoms with Gasteiger partial charge in [-0.3, -0.25) is 9.97 Å². The van der Waals surface area contributed by atoms with Crippen molar-refractivity contribution in [2.45, 2.75) is 0 Å². The Hall–Kier alpha value is -5.95. The average Bonchev–Trinajstić information content (AvgIpc) is 3.09. The average molecular weight is 542 g/mol. The Labute approximate surface area is 242 Å². The van der Waals surface area contributed by atoms with E-state index in [4.69, 9.17) is 24.9 Å². The highest BCUT2D eigenvalue weighted by Crippen LogP contribution is 2.28. The molecule has 7 rings (SSSR count). The fraction of sp³-hybridized carbons (Fsp3) is 0. The van der Waals surface area contributed by atoms with Crippen molar-refractivity contribution in [3.8, 4) is 68.3 Å². The Kier molecular flexibility index (Phi) is 6.72. The van der Waals surface area contributed by atoms with Crippen molar-refractivity contribution in [3.63, 3.8) is 0 Å². The molecular formula is C35H23N7. The van der Waals surface area contributed by atoms with Crippen molar-refractivity contribution in [2.24, 2.45) is 0 Å². The van der Waals surface area contributed by atoms with E-state index in [0.717, 1.165) is 39.5 Å². The molecule has 7 nitrogen and oxygen atoms in total. The molecule has 5 heterocycles. The van der Waals surface area contributed by atoms with E-state index in [1.807, 2.05) is 103 Å². The summed E-state index contributed by atoms with van der Waals surface area (Å²) in [6, 6.07) is 41.5. The van der Waals surface area contributed by atoms with Crippen LogP contribution in [0.15, 0.2) is 140 Å². The third-order valence-corrected chi connectivity index (χ3v) is 6.67. The van der Waals surface area contributed by atoms with Gasteiger partial charge in [-0.2, -0.15) is 0 Å². The van der Waals surface area contributed by atoms with E-state index in [2.05, 4.69) is 34.2 Å². The largest absolute Gasteiger partial charge is 0.255 e. The molecule has 0 unspecified atom stereocenters. The van der Waals surface area contributed by atoms with Crippen LogP contribution >= 0.6 is 0 Å². The molecule has 2 aromatic carbocycles. The summed E-state index contributed by atoms with van der Waals surface area (Å²) in [7, 11) is 0. The summed E-state index contributed by atoms with van der Waals surface area (Å²) in [5, 5.41) is 0. The first-order valence-corrected chi connectivity index (χ1v) is 13.5. The molecule has 0 N–H and O–H groups in total. The Balaban J connectivity index is 1.38. The maximum absolute atomic E-state index is 4.90. The first-order chi connectivity index (χ1) is 20.8. The number of hydrogen-bond donors (Lipinski definition) is 0. The third-order valence-electron chi connectivity index (χ3n) is 6.67. The van der Waals surface area contributed by atoms with Gasteiger partial charge in [-0.15, -0.1) is 0 Å². The molecule has 0 saturated carbocycles. The highest BCUT2D eigenvalue weighted by Gasteiger charge is 2.16. The summed E-state index contributed by atoms with van der Waals surface area (Å²) in [4.78, 5) is 33.3. The minimum atomic E-state index is 0.447. The summed E-state index contributed by atoms with van der Waals surface area (Å²) >= 11 is 0. The van der Waals surface area contributed by atoms with Crippen LogP contribution in [0.3, 0.4) is 0 Å². The number of hydrogen-bond acceptors (Lipinski definition) is 7. The molecule has 0 bridgehead atoms. The van der Waals surface area contributed by atoms with E-state index in [1.165, 1.54) is 0 Å². The van der Waals surface area contributed by atoms with Gasteiger partial charge < -0.3 is 0 Å². The van der Waals surface area contributed by atoms with Crippen LogP contribution < -0.4 is 0 Å². The van der Waals surface area contributed by atoms with Crippen LogP contribution in [0.25, 0.3) is 68.3 Å². The molecule has 0 radical (unpaired) electrons. The molecule has 7 aromatic rings. The van der Waals surface area contributed by atoms with Gasteiger partial charge in [-0.25, -0.2) is 24.9 Å². The van der Waals surface area contributed by atoms with E-state index >= 15 is 0 Å². The van der Waals surface area contributed by atoms with E-state index in [-0.39, 0.29) is 0 Å². The Morgan fingerprint density at radius 3 is 1.31 bits per heavy atom. The summed E-state index contributed by atoms with van der Waals surface area (Å²) in [6.45, 7) is 0. The highest BCUT2D eigenvalue weighted by atomic mass is 15.1. The van der Waals surface area contributed by atoms with Crippen LogP contribution in [-0.4, -0.2) is 34.9 Å². The van der Waals surface area contributed by atoms with Gasteiger partial charge in [0.25, 0.3) is 0 Å². The van der Waals surface area contributed by atoms with Crippen LogP contribution in [0.5, 0.6) is 0 Å². The SMILES string of the molecule is c1ccc(-c2cccc(-c3nc(-c4cccc(-c5ccccn5)n4)nc(-c4cccc(-c5ccccn5)n4)n3)c2)cc1. The van der Waals surface area contributed by atoms with Gasteiger partial charge in [-0.05, 0) is 65.7 Å². The van der Waals surface area contributed by atoms with Crippen LogP contribution in [0.1, 0.15) is 0 Å². The van der Waals surface area contributed by atoms with Crippen LogP contribution in [0.2, 0.25) is 0 Å². The van der Waals surface area contributed by atoms with Crippen molar-refractivity contribution < 1.29 is 0 Å². The van der Waals surface area contributed by atoms with E-state index in [9.17, 15) is 0 Å². The highest BCUT2D eigenvalue weighted by molar-refractivity contribution is 5.72. The zero-order valence-corrected chi connectivity index (χ0v) is 22.4. The Bertz CT molecular complexity index is 1740. The predicted octanol–water partition coefficient (Wildman–Crippen LogP) is 7.45. The lowest BCUT2D eigenvalue weighted by Crippen LogP contribution is -2.03. The molecule has 0 atom stereocenters. The zero-order chi connectivity index (χ0) is 28.1. The molecule has 5 aromatic heterocycles. The van der Waals surface area contributed by atoms with Crippen LogP contribution in [0, 0.1) is 0 Å². The molecule has 7 heteroatoms. The maximum Gasteiger partial charge on any atom is 0.182 e. The van der Waals surface area contributed by atoms with Gasteiger partial charge in [0.15, 0.2) is 17.5 Å². The quantitative estimate of drug-likeness (QED) is 0.216. The molecule has 0 saturated heterocycles. The maximum atomic E-state index is 4.90. The molecule has 42 heavy (non-hydrogen) atoms. The summed E-state index contributed by atoms with van der Waals surface area (Å²) in [5.41, 5.74) is 7.29. The van der Waals surface area contributed by atoms with E-state index in [0.29, 0.717) is 28.9 Å².